The van der Waals surface area contributed by atoms with Gasteiger partial charge in [-0.15, -0.1) is 0 Å². The first-order chi connectivity index (χ1) is 12.5. The first-order valence-corrected chi connectivity index (χ1v) is 8.08. The lowest BCUT2D eigenvalue weighted by atomic mass is 10.1. The number of nitriles is 1. The molecule has 0 atom stereocenters. The van der Waals surface area contributed by atoms with Crippen LogP contribution in [0.5, 0.6) is 5.88 Å². The molecular weight excluding hydrogens is 378 g/mol. The van der Waals surface area contributed by atoms with Gasteiger partial charge in [0.05, 0.1) is 21.3 Å². The molecule has 7 heteroatoms. The van der Waals surface area contributed by atoms with Crippen LogP contribution >= 0.6 is 23.2 Å². The summed E-state index contributed by atoms with van der Waals surface area (Å²) in [5, 5.41) is 9.47. The third kappa shape index (κ3) is 3.67. The molecule has 3 rings (SSSR count). The molecule has 0 aliphatic heterocycles. The van der Waals surface area contributed by atoms with E-state index in [4.69, 9.17) is 27.9 Å². The second-order valence-corrected chi connectivity index (χ2v) is 5.97. The van der Waals surface area contributed by atoms with Crippen LogP contribution in [0, 0.1) is 17.1 Å². The van der Waals surface area contributed by atoms with Gasteiger partial charge in [-0.2, -0.15) is 5.26 Å². The van der Waals surface area contributed by atoms with Gasteiger partial charge in [0.15, 0.2) is 0 Å². The van der Waals surface area contributed by atoms with Crippen molar-refractivity contribution in [2.75, 3.05) is 0 Å². The maximum absolute atomic E-state index is 13.1. The summed E-state index contributed by atoms with van der Waals surface area (Å²) in [7, 11) is 0. The van der Waals surface area contributed by atoms with Crippen molar-refractivity contribution in [2.24, 2.45) is 0 Å². The maximum Gasteiger partial charge on any atom is 0.347 e. The highest BCUT2D eigenvalue weighted by atomic mass is 35.5. The Morgan fingerprint density at radius 1 is 1.04 bits per heavy atom. The van der Waals surface area contributed by atoms with Crippen LogP contribution in [-0.2, 0) is 0 Å². The Hall–Kier alpha value is -2.94. The Balaban J connectivity index is 1.99. The van der Waals surface area contributed by atoms with Crippen molar-refractivity contribution >= 4 is 29.2 Å². The summed E-state index contributed by atoms with van der Waals surface area (Å²) in [6.45, 7) is 0. The van der Waals surface area contributed by atoms with Crippen LogP contribution in [0.4, 0.5) is 4.39 Å². The fraction of sp³-hybridized carbons (Fsp3) is 0. The van der Waals surface area contributed by atoms with Crippen LogP contribution in [0.2, 0.25) is 10.0 Å². The minimum absolute atomic E-state index is 0.0197. The molecule has 0 aliphatic rings. The Kier molecular flexibility index (Phi) is 5.17. The average Bonchev–Trinajstić information content (AvgIpc) is 2.62. The van der Waals surface area contributed by atoms with E-state index in [9.17, 15) is 14.4 Å². The van der Waals surface area contributed by atoms with Gasteiger partial charge in [-0.05, 0) is 48.5 Å². The minimum Gasteiger partial charge on any atom is -0.402 e. The van der Waals surface area contributed by atoms with Gasteiger partial charge in [0.1, 0.15) is 17.4 Å². The number of pyridine rings is 1. The molecule has 0 amide bonds. The topological polar surface area (TPSA) is 63.0 Å². The second-order valence-electron chi connectivity index (χ2n) is 5.15. The molecule has 0 spiro atoms. The van der Waals surface area contributed by atoms with Gasteiger partial charge in [0, 0.05) is 5.56 Å². The fourth-order valence-electron chi connectivity index (χ4n) is 2.22. The third-order valence-electron chi connectivity index (χ3n) is 3.48. The molecule has 0 saturated heterocycles. The standard InChI is InChI=1S/C19H9Cl2FN2O2/c20-14-2-1-3-15(21)17(14)19(25)26-18-12(10-23)6-9-16(24-18)11-4-7-13(22)8-5-11/h1-9H. The highest BCUT2D eigenvalue weighted by Gasteiger charge is 2.19. The Morgan fingerprint density at radius 3 is 2.31 bits per heavy atom. The van der Waals surface area contributed by atoms with Crippen molar-refractivity contribution < 1.29 is 13.9 Å². The van der Waals surface area contributed by atoms with Gasteiger partial charge < -0.3 is 4.74 Å². The summed E-state index contributed by atoms with van der Waals surface area (Å²) in [5.41, 5.74) is 1.06. The van der Waals surface area contributed by atoms with E-state index in [0.29, 0.717) is 11.3 Å². The van der Waals surface area contributed by atoms with Crippen molar-refractivity contribution in [3.63, 3.8) is 0 Å². The molecule has 1 aromatic heterocycles. The first kappa shape index (κ1) is 17.9. The van der Waals surface area contributed by atoms with Crippen LogP contribution in [0.3, 0.4) is 0 Å². The van der Waals surface area contributed by atoms with Crippen molar-refractivity contribution in [3.8, 4) is 23.2 Å². The van der Waals surface area contributed by atoms with Gasteiger partial charge in [-0.1, -0.05) is 29.3 Å². The van der Waals surface area contributed by atoms with Crippen molar-refractivity contribution in [2.45, 2.75) is 0 Å². The molecule has 0 bridgehead atoms. The number of hydrogen-bond acceptors (Lipinski definition) is 4. The van der Waals surface area contributed by atoms with E-state index in [2.05, 4.69) is 4.98 Å². The van der Waals surface area contributed by atoms with Crippen LogP contribution in [0.25, 0.3) is 11.3 Å². The van der Waals surface area contributed by atoms with Crippen molar-refractivity contribution in [1.29, 1.82) is 5.26 Å². The number of nitrogens with zero attached hydrogens (tertiary/aromatic N) is 2. The molecule has 0 unspecified atom stereocenters. The van der Waals surface area contributed by atoms with Crippen molar-refractivity contribution in [1.82, 2.24) is 4.98 Å². The van der Waals surface area contributed by atoms with E-state index < -0.39 is 5.97 Å². The maximum atomic E-state index is 13.1. The molecule has 0 N–H and O–H groups in total. The van der Waals surface area contributed by atoms with Crippen LogP contribution < -0.4 is 4.74 Å². The van der Waals surface area contributed by atoms with E-state index in [1.54, 1.807) is 12.1 Å². The molecule has 26 heavy (non-hydrogen) atoms. The van der Waals surface area contributed by atoms with Crippen LogP contribution in [-0.4, -0.2) is 11.0 Å². The first-order valence-electron chi connectivity index (χ1n) is 7.33. The lowest BCUT2D eigenvalue weighted by Gasteiger charge is -2.09. The normalized spacial score (nSPS) is 10.2. The predicted molar refractivity (Wildman–Crippen MR) is 95.8 cm³/mol. The molecule has 4 nitrogen and oxygen atoms in total. The highest BCUT2D eigenvalue weighted by Crippen LogP contribution is 2.28. The summed E-state index contributed by atoms with van der Waals surface area (Å²) in [5.74, 6) is -1.40. The highest BCUT2D eigenvalue weighted by molar-refractivity contribution is 6.39. The number of halogens is 3. The van der Waals surface area contributed by atoms with Crippen molar-refractivity contribution in [3.05, 3.63) is 81.6 Å². The lowest BCUT2D eigenvalue weighted by molar-refractivity contribution is 0.0727. The number of esters is 1. The second kappa shape index (κ2) is 7.52. The molecule has 0 saturated carbocycles. The van der Waals surface area contributed by atoms with E-state index in [1.165, 1.54) is 42.5 Å². The Bertz CT molecular complexity index is 1010. The number of aromatic nitrogens is 1. The number of carbonyl (C=O) groups is 1. The monoisotopic (exact) mass is 386 g/mol. The van der Waals surface area contributed by atoms with Crippen LogP contribution in [0.1, 0.15) is 15.9 Å². The summed E-state index contributed by atoms with van der Waals surface area (Å²) in [4.78, 5) is 16.6. The van der Waals surface area contributed by atoms with Gasteiger partial charge in [-0.3, -0.25) is 0 Å². The molecule has 1 heterocycles. The molecule has 2 aromatic carbocycles. The number of carbonyl (C=O) groups excluding carboxylic acids is 1. The molecule has 0 radical (unpaired) electrons. The zero-order valence-electron chi connectivity index (χ0n) is 13.0. The number of benzene rings is 2. The zero-order chi connectivity index (χ0) is 18.7. The van der Waals surface area contributed by atoms with E-state index >= 15 is 0 Å². The van der Waals surface area contributed by atoms with E-state index in [0.717, 1.165) is 0 Å². The Labute approximate surface area is 158 Å². The molecule has 0 aliphatic carbocycles. The minimum atomic E-state index is -0.833. The van der Waals surface area contributed by atoms with Gasteiger partial charge in [0.25, 0.3) is 0 Å². The zero-order valence-corrected chi connectivity index (χ0v) is 14.6. The molecule has 3 aromatic rings. The largest absolute Gasteiger partial charge is 0.402 e. The molecule has 128 valence electrons. The summed E-state index contributed by atoms with van der Waals surface area (Å²) >= 11 is 12.0. The third-order valence-corrected chi connectivity index (χ3v) is 4.11. The van der Waals surface area contributed by atoms with Gasteiger partial charge >= 0.3 is 5.97 Å². The molecular formula is C19H9Cl2FN2O2. The van der Waals surface area contributed by atoms with Gasteiger partial charge in [-0.25, -0.2) is 14.2 Å². The van der Waals surface area contributed by atoms with E-state index in [1.807, 2.05) is 6.07 Å². The van der Waals surface area contributed by atoms with Gasteiger partial charge in [0.2, 0.25) is 5.88 Å². The summed E-state index contributed by atoms with van der Waals surface area (Å²) < 4.78 is 18.3. The number of hydrogen-bond donors (Lipinski definition) is 0. The lowest BCUT2D eigenvalue weighted by Crippen LogP contribution is -2.12. The van der Waals surface area contributed by atoms with Crippen LogP contribution in [0.15, 0.2) is 54.6 Å². The smallest absolute Gasteiger partial charge is 0.347 e. The summed E-state index contributed by atoms with van der Waals surface area (Å²) in [6.07, 6.45) is 0. The number of rotatable bonds is 3. The molecule has 0 fully saturated rings. The average molecular weight is 387 g/mol. The Morgan fingerprint density at radius 2 is 1.69 bits per heavy atom. The predicted octanol–water partition coefficient (Wildman–Crippen LogP) is 5.29. The summed E-state index contributed by atoms with van der Waals surface area (Å²) in [6, 6.07) is 15.1. The quantitative estimate of drug-likeness (QED) is 0.574. The number of ether oxygens (including phenoxy) is 1. The SMILES string of the molecule is N#Cc1ccc(-c2ccc(F)cc2)nc1OC(=O)c1c(Cl)cccc1Cl. The van der Waals surface area contributed by atoms with E-state index in [-0.39, 0.29) is 32.9 Å². The fourth-order valence-corrected chi connectivity index (χ4v) is 2.77.